The van der Waals surface area contributed by atoms with Gasteiger partial charge in [0.05, 0.1) is 67.1 Å². The van der Waals surface area contributed by atoms with Crippen LogP contribution in [0.15, 0.2) is 72.8 Å². The van der Waals surface area contributed by atoms with Crippen LogP contribution in [0.3, 0.4) is 0 Å². The van der Waals surface area contributed by atoms with E-state index in [0.717, 1.165) is 121 Å². The molecule has 1 saturated heterocycles. The van der Waals surface area contributed by atoms with E-state index in [2.05, 4.69) is 43.9 Å². The van der Waals surface area contributed by atoms with Gasteiger partial charge < -0.3 is 74.0 Å². The molecule has 0 amide bonds. The molecule has 4 aromatic carbocycles. The number of hydrogen-bond acceptors (Lipinski definition) is 18. The van der Waals surface area contributed by atoms with Crippen LogP contribution in [-0.2, 0) is 43.2 Å². The minimum absolute atomic E-state index is 0. The van der Waals surface area contributed by atoms with E-state index in [0.29, 0.717) is 26.2 Å². The van der Waals surface area contributed by atoms with Crippen LogP contribution in [0.5, 0.6) is 46.0 Å². The molecule has 1 aliphatic rings. The second kappa shape index (κ2) is 31.0. The minimum atomic E-state index is -1.75. The average molecular weight is 979 g/mol. The van der Waals surface area contributed by atoms with Gasteiger partial charge in [0.2, 0.25) is 0 Å². The Labute approximate surface area is 396 Å². The zero-order chi connectivity index (χ0) is 47.0. The quantitative estimate of drug-likeness (QED) is 0.0833. The first-order valence-electron chi connectivity index (χ1n) is 20.2. The number of benzene rings is 4. The molecule has 1 heterocycles. The van der Waals surface area contributed by atoms with Crippen molar-refractivity contribution in [3.05, 3.63) is 126 Å². The fourth-order valence-electron chi connectivity index (χ4n) is 7.49. The molecular formula is C44H62CuN6O15. The summed E-state index contributed by atoms with van der Waals surface area (Å²) in [7, 11) is 13.5. The summed E-state index contributed by atoms with van der Waals surface area (Å²) < 4.78 is 46.3. The predicted molar refractivity (Wildman–Crippen MR) is 244 cm³/mol. The Morgan fingerprint density at radius 1 is 0.379 bits per heavy atom. The van der Waals surface area contributed by atoms with Crippen molar-refractivity contribution in [1.29, 1.82) is 0 Å². The van der Waals surface area contributed by atoms with Gasteiger partial charge in [0.1, 0.15) is 0 Å². The zero-order valence-corrected chi connectivity index (χ0v) is 39.6. The molecule has 0 aliphatic carbocycles. The first-order valence-corrected chi connectivity index (χ1v) is 20.2. The summed E-state index contributed by atoms with van der Waals surface area (Å²) >= 11 is 0. The fourth-order valence-corrected chi connectivity index (χ4v) is 7.49. The normalized spacial score (nSPS) is 13.7. The fraction of sp³-hybridized carbons (Fsp3) is 0.455. The Hall–Kier alpha value is -6.00. The van der Waals surface area contributed by atoms with Gasteiger partial charge in [0.15, 0.2) is 46.0 Å². The number of methoxy groups -OCH3 is 8. The van der Waals surface area contributed by atoms with E-state index in [1.807, 2.05) is 48.5 Å². The van der Waals surface area contributed by atoms with Crippen molar-refractivity contribution in [2.24, 2.45) is 0 Å². The number of para-hydroxylation sites is 4. The van der Waals surface area contributed by atoms with Crippen LogP contribution < -0.4 is 37.9 Å². The van der Waals surface area contributed by atoms with Gasteiger partial charge in [-0.25, -0.2) is 0 Å². The summed E-state index contributed by atoms with van der Waals surface area (Å²) in [6.07, 6.45) is 0. The van der Waals surface area contributed by atoms with E-state index in [4.69, 9.17) is 68.5 Å². The number of ether oxygens (including phenoxy) is 8. The summed E-state index contributed by atoms with van der Waals surface area (Å²) in [6, 6.07) is 24.4. The molecule has 2 N–H and O–H groups in total. The van der Waals surface area contributed by atoms with Crippen LogP contribution in [0, 0.1) is 30.6 Å². The Balaban J connectivity index is 0.00000201. The standard InChI is InChI=1S/C44H60N4O8.Cu.2NO3.H2O/c1-49-37-17-9-13-33(41(37)53-5)29-45-21-23-46(30-34-14-10-18-38(50-2)42(34)54-6)25-27-48(32-36-16-12-20-40(52-4)44(36)56-8)28-26-47(24-22-45)31-35-15-11-19-39(51-3)43(35)55-7;;2*2-1(3)4;/h9-20H,21-32H2,1-8H3;;;;1H2/q;+2;2*-1;. The van der Waals surface area contributed by atoms with Crippen LogP contribution in [0.25, 0.3) is 0 Å². The maximum absolute atomic E-state index is 8.25. The van der Waals surface area contributed by atoms with Crippen LogP contribution in [0.1, 0.15) is 22.3 Å². The van der Waals surface area contributed by atoms with Crippen molar-refractivity contribution in [3.8, 4) is 46.0 Å². The molecule has 5 rings (SSSR count). The third-order valence-corrected chi connectivity index (χ3v) is 10.4. The van der Waals surface area contributed by atoms with E-state index in [1.54, 1.807) is 56.9 Å². The van der Waals surface area contributed by atoms with E-state index >= 15 is 0 Å². The molecule has 0 spiro atoms. The van der Waals surface area contributed by atoms with E-state index in [9.17, 15) is 0 Å². The van der Waals surface area contributed by atoms with Gasteiger partial charge in [-0.15, -0.1) is 0 Å². The number of rotatable bonds is 16. The summed E-state index contributed by atoms with van der Waals surface area (Å²) in [4.78, 5) is 26.6. The van der Waals surface area contributed by atoms with Gasteiger partial charge in [-0.2, -0.15) is 0 Å². The van der Waals surface area contributed by atoms with E-state index in [-0.39, 0.29) is 22.5 Å². The van der Waals surface area contributed by atoms with Crippen molar-refractivity contribution >= 4 is 0 Å². The molecule has 0 saturated carbocycles. The van der Waals surface area contributed by atoms with Crippen molar-refractivity contribution in [3.63, 3.8) is 0 Å². The Kier molecular flexibility index (Phi) is 27.3. The maximum Gasteiger partial charge on any atom is 2.00 e. The molecule has 0 unspecified atom stereocenters. The summed E-state index contributed by atoms with van der Waals surface area (Å²) in [5.74, 6) is 5.97. The second-order valence-corrected chi connectivity index (χ2v) is 14.2. The summed E-state index contributed by atoms with van der Waals surface area (Å²) in [5.41, 5.74) is 4.33. The number of hydrogen-bond donors (Lipinski definition) is 0. The van der Waals surface area contributed by atoms with Crippen LogP contribution in [0.2, 0.25) is 0 Å². The Morgan fingerprint density at radius 3 is 0.682 bits per heavy atom. The molecule has 1 fully saturated rings. The molecule has 1 radical (unpaired) electrons. The van der Waals surface area contributed by atoms with Gasteiger partial charge >= 0.3 is 17.1 Å². The SMILES string of the molecule is COc1cccc(CN2CCN(Cc3cccc(OC)c3OC)CCN(Cc3cccc(OC)c3OC)CCN(Cc3cccc(OC)c3OC)CC2)c1OC.O.O=[N+]([O-])[O-].O=[N+]([O-])[O-].[Cu+2]. The Bertz CT molecular complexity index is 1750. The third-order valence-electron chi connectivity index (χ3n) is 10.4. The molecule has 0 atom stereocenters. The predicted octanol–water partition coefficient (Wildman–Crippen LogP) is 4.77. The second-order valence-electron chi connectivity index (χ2n) is 14.2. The van der Waals surface area contributed by atoms with Crippen molar-refractivity contribution < 1.29 is 70.6 Å². The molecule has 21 nitrogen and oxygen atoms in total. The molecule has 4 aromatic rings. The molecule has 1 aliphatic heterocycles. The third kappa shape index (κ3) is 18.1. The average Bonchev–Trinajstić information content (AvgIpc) is 3.28. The van der Waals surface area contributed by atoms with Crippen molar-refractivity contribution in [2.45, 2.75) is 26.2 Å². The van der Waals surface area contributed by atoms with Gasteiger partial charge in [0, 0.05) is 101 Å². The first-order chi connectivity index (χ1) is 30.9. The van der Waals surface area contributed by atoms with Crippen LogP contribution in [-0.4, -0.2) is 144 Å². The minimum Gasteiger partial charge on any atom is -0.493 e. The molecule has 0 aromatic heterocycles. The Morgan fingerprint density at radius 2 is 0.545 bits per heavy atom. The largest absolute Gasteiger partial charge is 2.00 e. The molecule has 66 heavy (non-hydrogen) atoms. The number of nitrogens with zero attached hydrogens (tertiary/aromatic N) is 6. The summed E-state index contributed by atoms with van der Waals surface area (Å²) in [6.45, 7) is 9.42. The first kappa shape index (κ1) is 58.0. The van der Waals surface area contributed by atoms with E-state index in [1.165, 1.54) is 0 Å². The monoisotopic (exact) mass is 977 g/mol. The van der Waals surface area contributed by atoms with Crippen LogP contribution >= 0.6 is 0 Å². The van der Waals surface area contributed by atoms with Gasteiger partial charge in [-0.1, -0.05) is 48.5 Å². The van der Waals surface area contributed by atoms with Crippen molar-refractivity contribution in [2.75, 3.05) is 109 Å². The topological polar surface area (TPSA) is 251 Å². The molecule has 0 bridgehead atoms. The van der Waals surface area contributed by atoms with E-state index < -0.39 is 10.2 Å². The molecule has 22 heteroatoms. The molecular weight excluding hydrogens is 916 g/mol. The molecule has 369 valence electrons. The van der Waals surface area contributed by atoms with Gasteiger partial charge in [-0.05, 0) is 24.3 Å². The van der Waals surface area contributed by atoms with Gasteiger partial charge in [0.25, 0.3) is 0 Å². The zero-order valence-electron chi connectivity index (χ0n) is 38.6. The smallest absolute Gasteiger partial charge is 0.493 e. The van der Waals surface area contributed by atoms with Gasteiger partial charge in [-0.3, -0.25) is 19.6 Å². The van der Waals surface area contributed by atoms with Crippen LogP contribution in [0.4, 0.5) is 0 Å². The maximum atomic E-state index is 8.25. The van der Waals surface area contributed by atoms with Crippen molar-refractivity contribution in [1.82, 2.24) is 19.6 Å². The summed E-state index contributed by atoms with van der Waals surface area (Å²) in [5, 5.41) is 29.5.